The summed E-state index contributed by atoms with van der Waals surface area (Å²) in [5.41, 5.74) is 1.81. The average molecular weight is 317 g/mol. The number of hydrogen-bond donors (Lipinski definition) is 1. The van der Waals surface area contributed by atoms with Crippen molar-refractivity contribution in [3.63, 3.8) is 0 Å². The minimum absolute atomic E-state index is 0.234. The predicted octanol–water partition coefficient (Wildman–Crippen LogP) is 3.56. The Bertz CT molecular complexity index is 525. The lowest BCUT2D eigenvalue weighted by Crippen LogP contribution is -2.60. The number of aliphatic hydroxyl groups excluding tert-OH is 1. The lowest BCUT2D eigenvalue weighted by Gasteiger charge is -2.63. The van der Waals surface area contributed by atoms with E-state index >= 15 is 0 Å². The molecule has 0 saturated heterocycles. The Morgan fingerprint density at radius 3 is 2.43 bits per heavy atom. The highest BCUT2D eigenvalue weighted by Gasteiger charge is 2.56. The zero-order chi connectivity index (χ0) is 16.6. The molecule has 23 heavy (non-hydrogen) atoms. The van der Waals surface area contributed by atoms with Gasteiger partial charge < -0.3 is 9.84 Å². The number of ether oxygens (including phenoxy) is 1. The molecule has 0 aliphatic heterocycles. The maximum absolute atomic E-state index is 9.53. The van der Waals surface area contributed by atoms with Gasteiger partial charge in [-0.2, -0.15) is 0 Å². The first-order valence-electron chi connectivity index (χ1n) is 8.95. The SMILES string of the molecule is COc1ccc(CN(CCO)[C@@H]2C[C@@H]3C[C@H]([C@H]2C)C3(C)C)cc1. The highest BCUT2D eigenvalue weighted by Crippen LogP contribution is 2.62. The van der Waals surface area contributed by atoms with Crippen molar-refractivity contribution in [2.24, 2.45) is 23.2 Å². The van der Waals surface area contributed by atoms with Gasteiger partial charge in [-0.05, 0) is 53.7 Å². The fraction of sp³-hybridized carbons (Fsp3) is 0.700. The molecule has 3 aliphatic carbocycles. The largest absolute Gasteiger partial charge is 0.497 e. The summed E-state index contributed by atoms with van der Waals surface area (Å²) < 4.78 is 5.24. The van der Waals surface area contributed by atoms with Crippen molar-refractivity contribution >= 4 is 0 Å². The van der Waals surface area contributed by atoms with E-state index in [0.29, 0.717) is 17.4 Å². The van der Waals surface area contributed by atoms with Crippen LogP contribution in [-0.2, 0) is 6.54 Å². The first-order valence-corrected chi connectivity index (χ1v) is 8.95. The number of benzene rings is 1. The van der Waals surface area contributed by atoms with E-state index in [1.165, 1.54) is 18.4 Å². The minimum Gasteiger partial charge on any atom is -0.497 e. The lowest BCUT2D eigenvalue weighted by molar-refractivity contribution is -0.141. The van der Waals surface area contributed by atoms with E-state index in [1.54, 1.807) is 7.11 Å². The van der Waals surface area contributed by atoms with Crippen LogP contribution in [0.15, 0.2) is 24.3 Å². The van der Waals surface area contributed by atoms with Crippen molar-refractivity contribution in [1.29, 1.82) is 0 Å². The molecule has 3 fully saturated rings. The number of rotatable bonds is 6. The molecule has 3 saturated carbocycles. The zero-order valence-electron chi connectivity index (χ0n) is 15.0. The maximum atomic E-state index is 9.53. The highest BCUT2D eigenvalue weighted by atomic mass is 16.5. The van der Waals surface area contributed by atoms with Gasteiger partial charge in [-0.1, -0.05) is 32.9 Å². The summed E-state index contributed by atoms with van der Waals surface area (Å²) in [4.78, 5) is 2.50. The molecule has 0 aromatic heterocycles. The molecule has 0 spiro atoms. The molecular weight excluding hydrogens is 286 g/mol. The molecule has 0 amide bonds. The standard InChI is InChI=1S/C20H31NO2/c1-14-18-11-16(20(18,2)3)12-19(14)21(9-10-22)13-15-5-7-17(23-4)8-6-15/h5-8,14,16,18-19,22H,9-13H2,1-4H3/t14-,16+,18-,19-/m1/s1. The van der Waals surface area contributed by atoms with E-state index < -0.39 is 0 Å². The Kier molecular flexibility index (Phi) is 4.70. The van der Waals surface area contributed by atoms with Crippen molar-refractivity contribution in [2.75, 3.05) is 20.3 Å². The van der Waals surface area contributed by atoms with Crippen LogP contribution in [0.2, 0.25) is 0 Å². The summed E-state index contributed by atoms with van der Waals surface area (Å²) in [7, 11) is 1.70. The predicted molar refractivity (Wildman–Crippen MR) is 93.4 cm³/mol. The van der Waals surface area contributed by atoms with E-state index in [1.807, 2.05) is 12.1 Å². The third-order valence-corrected chi connectivity index (χ3v) is 6.71. The molecule has 1 aromatic rings. The van der Waals surface area contributed by atoms with Crippen LogP contribution < -0.4 is 4.74 Å². The molecule has 3 nitrogen and oxygen atoms in total. The second kappa shape index (κ2) is 6.45. The van der Waals surface area contributed by atoms with Gasteiger partial charge in [-0.3, -0.25) is 4.90 Å². The monoisotopic (exact) mass is 317 g/mol. The third-order valence-electron chi connectivity index (χ3n) is 6.71. The molecular formula is C20H31NO2. The van der Waals surface area contributed by atoms with Crippen LogP contribution in [0.25, 0.3) is 0 Å². The smallest absolute Gasteiger partial charge is 0.118 e. The number of fused-ring (bicyclic) bond motifs is 2. The molecule has 3 heteroatoms. The number of nitrogens with zero attached hydrogens (tertiary/aromatic N) is 1. The number of aliphatic hydroxyl groups is 1. The van der Waals surface area contributed by atoms with Gasteiger partial charge in [0.25, 0.3) is 0 Å². The Hall–Kier alpha value is -1.06. The van der Waals surface area contributed by atoms with Gasteiger partial charge in [0.2, 0.25) is 0 Å². The second-order valence-corrected chi connectivity index (χ2v) is 8.06. The fourth-order valence-corrected chi connectivity index (χ4v) is 5.06. The van der Waals surface area contributed by atoms with Crippen molar-refractivity contribution in [2.45, 2.75) is 46.2 Å². The van der Waals surface area contributed by atoms with Crippen molar-refractivity contribution < 1.29 is 9.84 Å². The van der Waals surface area contributed by atoms with Crippen LogP contribution in [0.1, 0.15) is 39.2 Å². The van der Waals surface area contributed by atoms with E-state index in [2.05, 4.69) is 37.8 Å². The Labute approximate surface area is 140 Å². The summed E-state index contributed by atoms with van der Waals surface area (Å²) in [5, 5.41) is 9.53. The van der Waals surface area contributed by atoms with Gasteiger partial charge in [-0.15, -0.1) is 0 Å². The van der Waals surface area contributed by atoms with Crippen LogP contribution >= 0.6 is 0 Å². The maximum Gasteiger partial charge on any atom is 0.118 e. The van der Waals surface area contributed by atoms with E-state index in [4.69, 9.17) is 4.74 Å². The van der Waals surface area contributed by atoms with E-state index in [0.717, 1.165) is 30.7 Å². The molecule has 128 valence electrons. The van der Waals surface area contributed by atoms with Crippen LogP contribution in [0.4, 0.5) is 0 Å². The van der Waals surface area contributed by atoms with Crippen molar-refractivity contribution in [1.82, 2.24) is 4.90 Å². The molecule has 2 bridgehead atoms. The summed E-state index contributed by atoms with van der Waals surface area (Å²) in [6.45, 7) is 9.22. The van der Waals surface area contributed by atoms with Crippen molar-refractivity contribution in [3.05, 3.63) is 29.8 Å². The molecule has 0 heterocycles. The summed E-state index contributed by atoms with van der Waals surface area (Å²) in [6, 6.07) is 8.93. The molecule has 4 atom stereocenters. The molecule has 0 radical (unpaired) electrons. The normalized spacial score (nSPS) is 31.7. The van der Waals surface area contributed by atoms with Crippen LogP contribution in [-0.4, -0.2) is 36.3 Å². The first-order chi connectivity index (χ1) is 11.0. The van der Waals surface area contributed by atoms with Crippen LogP contribution in [0.5, 0.6) is 5.75 Å². The number of hydrogen-bond acceptors (Lipinski definition) is 3. The molecule has 4 rings (SSSR count). The molecule has 0 unspecified atom stereocenters. The quantitative estimate of drug-likeness (QED) is 0.871. The van der Waals surface area contributed by atoms with Crippen LogP contribution in [0.3, 0.4) is 0 Å². The third kappa shape index (κ3) is 3.01. The average Bonchev–Trinajstić information content (AvgIpc) is 2.54. The van der Waals surface area contributed by atoms with Gasteiger partial charge in [-0.25, -0.2) is 0 Å². The van der Waals surface area contributed by atoms with E-state index in [9.17, 15) is 5.11 Å². The number of methoxy groups -OCH3 is 1. The molecule has 1 aromatic carbocycles. The van der Waals surface area contributed by atoms with Gasteiger partial charge in [0, 0.05) is 19.1 Å². The fourth-order valence-electron chi connectivity index (χ4n) is 5.06. The highest BCUT2D eigenvalue weighted by molar-refractivity contribution is 5.27. The van der Waals surface area contributed by atoms with Gasteiger partial charge in [0.15, 0.2) is 0 Å². The Morgan fingerprint density at radius 1 is 1.22 bits per heavy atom. The Balaban J connectivity index is 1.71. The second-order valence-electron chi connectivity index (χ2n) is 8.06. The minimum atomic E-state index is 0.234. The van der Waals surface area contributed by atoms with Crippen LogP contribution in [0, 0.1) is 23.2 Å². The van der Waals surface area contributed by atoms with Gasteiger partial charge in [0.05, 0.1) is 13.7 Å². The molecule has 3 aliphatic rings. The summed E-state index contributed by atoms with van der Waals surface area (Å²) in [5.74, 6) is 3.30. The topological polar surface area (TPSA) is 32.7 Å². The first kappa shape index (κ1) is 16.8. The van der Waals surface area contributed by atoms with E-state index in [-0.39, 0.29) is 6.61 Å². The summed E-state index contributed by atoms with van der Waals surface area (Å²) >= 11 is 0. The summed E-state index contributed by atoms with van der Waals surface area (Å²) in [6.07, 6.45) is 2.68. The van der Waals surface area contributed by atoms with Crippen molar-refractivity contribution in [3.8, 4) is 5.75 Å². The lowest BCUT2D eigenvalue weighted by atomic mass is 9.44. The van der Waals surface area contributed by atoms with Gasteiger partial charge >= 0.3 is 0 Å². The Morgan fingerprint density at radius 2 is 1.91 bits per heavy atom. The zero-order valence-corrected chi connectivity index (χ0v) is 15.0. The molecule has 1 N–H and O–H groups in total. The van der Waals surface area contributed by atoms with Gasteiger partial charge in [0.1, 0.15) is 5.75 Å².